The molecular formula is C27H25N3O2. The SMILES string of the molecule is COc1ccccc1NC(=O)N1Cc2ccccc2-n2cccc2C1c1cccc(C)c1. The molecule has 2 heterocycles. The topological polar surface area (TPSA) is 46.5 Å². The second-order valence-electron chi connectivity index (χ2n) is 8.01. The summed E-state index contributed by atoms with van der Waals surface area (Å²) in [6.07, 6.45) is 2.07. The van der Waals surface area contributed by atoms with Gasteiger partial charge in [-0.2, -0.15) is 0 Å². The van der Waals surface area contributed by atoms with Crippen LogP contribution in [0.5, 0.6) is 5.75 Å². The molecule has 5 rings (SSSR count). The van der Waals surface area contributed by atoms with Gasteiger partial charge >= 0.3 is 6.03 Å². The predicted molar refractivity (Wildman–Crippen MR) is 126 cm³/mol. The van der Waals surface area contributed by atoms with E-state index >= 15 is 0 Å². The monoisotopic (exact) mass is 423 g/mol. The smallest absolute Gasteiger partial charge is 0.323 e. The van der Waals surface area contributed by atoms with Gasteiger partial charge in [-0.3, -0.25) is 0 Å². The van der Waals surface area contributed by atoms with Crippen molar-refractivity contribution in [2.45, 2.75) is 19.5 Å². The Labute approximate surface area is 187 Å². The molecule has 5 heteroatoms. The number of aryl methyl sites for hydroxylation is 1. The molecule has 1 unspecified atom stereocenters. The molecule has 160 valence electrons. The van der Waals surface area contributed by atoms with E-state index in [2.05, 4.69) is 59.4 Å². The molecular weight excluding hydrogens is 398 g/mol. The first kappa shape index (κ1) is 19.9. The third-order valence-corrected chi connectivity index (χ3v) is 5.93. The molecule has 1 aromatic heterocycles. The second kappa shape index (κ2) is 8.27. The van der Waals surface area contributed by atoms with Gasteiger partial charge in [0, 0.05) is 11.9 Å². The summed E-state index contributed by atoms with van der Waals surface area (Å²) in [5.41, 5.74) is 6.13. The van der Waals surface area contributed by atoms with Gasteiger partial charge in [0.15, 0.2) is 0 Å². The molecule has 0 fully saturated rings. The van der Waals surface area contributed by atoms with Gasteiger partial charge in [0.05, 0.1) is 31.1 Å². The zero-order valence-electron chi connectivity index (χ0n) is 18.2. The normalized spacial score (nSPS) is 14.8. The minimum Gasteiger partial charge on any atom is -0.495 e. The Balaban J connectivity index is 1.64. The lowest BCUT2D eigenvalue weighted by atomic mass is 10.00. The van der Waals surface area contributed by atoms with Crippen LogP contribution >= 0.6 is 0 Å². The van der Waals surface area contributed by atoms with Crippen molar-refractivity contribution in [1.29, 1.82) is 0 Å². The maximum Gasteiger partial charge on any atom is 0.323 e. The number of rotatable bonds is 3. The summed E-state index contributed by atoms with van der Waals surface area (Å²) in [5, 5.41) is 3.08. The molecule has 0 bridgehead atoms. The van der Waals surface area contributed by atoms with Crippen LogP contribution in [0.2, 0.25) is 0 Å². The molecule has 4 aromatic rings. The molecule has 0 radical (unpaired) electrons. The molecule has 32 heavy (non-hydrogen) atoms. The van der Waals surface area contributed by atoms with Crippen LogP contribution in [-0.2, 0) is 6.54 Å². The molecule has 1 atom stereocenters. The number of carbonyl (C=O) groups is 1. The Kier molecular flexibility index (Phi) is 5.15. The van der Waals surface area contributed by atoms with Crippen molar-refractivity contribution in [2.24, 2.45) is 0 Å². The van der Waals surface area contributed by atoms with Crippen molar-refractivity contribution in [2.75, 3.05) is 12.4 Å². The number of nitrogens with one attached hydrogen (secondary N) is 1. The first-order valence-electron chi connectivity index (χ1n) is 10.7. The Bertz CT molecular complexity index is 1280. The number of hydrogen-bond donors (Lipinski definition) is 1. The van der Waals surface area contributed by atoms with E-state index in [9.17, 15) is 4.79 Å². The van der Waals surface area contributed by atoms with Gasteiger partial charge in [-0.25, -0.2) is 4.79 Å². The summed E-state index contributed by atoms with van der Waals surface area (Å²) in [7, 11) is 1.61. The lowest BCUT2D eigenvalue weighted by Gasteiger charge is -2.31. The first-order chi connectivity index (χ1) is 15.7. The van der Waals surface area contributed by atoms with Gasteiger partial charge in [-0.05, 0) is 48.4 Å². The number of benzene rings is 3. The first-order valence-corrected chi connectivity index (χ1v) is 10.7. The van der Waals surface area contributed by atoms with Crippen LogP contribution in [0, 0.1) is 6.92 Å². The van der Waals surface area contributed by atoms with Crippen LogP contribution in [0.4, 0.5) is 10.5 Å². The van der Waals surface area contributed by atoms with Crippen LogP contribution in [0.1, 0.15) is 28.4 Å². The highest BCUT2D eigenvalue weighted by molar-refractivity contribution is 5.91. The third kappa shape index (κ3) is 3.52. The number of hydrogen-bond acceptors (Lipinski definition) is 2. The Hall–Kier alpha value is -3.99. The number of nitrogens with zero attached hydrogens (tertiary/aromatic N) is 2. The summed E-state index contributed by atoms with van der Waals surface area (Å²) in [5.74, 6) is 0.631. The summed E-state index contributed by atoms with van der Waals surface area (Å²) in [6.45, 7) is 2.56. The minimum atomic E-state index is -0.244. The minimum absolute atomic E-state index is 0.176. The quantitative estimate of drug-likeness (QED) is 0.444. The van der Waals surface area contributed by atoms with Crippen molar-refractivity contribution in [3.63, 3.8) is 0 Å². The van der Waals surface area contributed by atoms with E-state index in [1.54, 1.807) is 7.11 Å². The Morgan fingerprint density at radius 1 is 0.969 bits per heavy atom. The third-order valence-electron chi connectivity index (χ3n) is 5.93. The number of fused-ring (bicyclic) bond motifs is 3. The summed E-state index contributed by atoms with van der Waals surface area (Å²) in [4.78, 5) is 15.7. The Morgan fingerprint density at radius 2 is 1.78 bits per heavy atom. The van der Waals surface area contributed by atoms with E-state index in [1.165, 1.54) is 0 Å². The van der Waals surface area contributed by atoms with E-state index in [4.69, 9.17) is 4.74 Å². The summed E-state index contributed by atoms with van der Waals surface area (Å²) < 4.78 is 7.64. The van der Waals surface area contributed by atoms with Crippen LogP contribution in [0.3, 0.4) is 0 Å². The summed E-state index contributed by atoms with van der Waals surface area (Å²) >= 11 is 0. The predicted octanol–water partition coefficient (Wildman–Crippen LogP) is 5.93. The molecule has 0 saturated heterocycles. The van der Waals surface area contributed by atoms with Crippen molar-refractivity contribution >= 4 is 11.7 Å². The van der Waals surface area contributed by atoms with Crippen molar-refractivity contribution in [3.8, 4) is 11.4 Å². The lowest BCUT2D eigenvalue weighted by molar-refractivity contribution is 0.194. The van der Waals surface area contributed by atoms with Crippen molar-refractivity contribution in [1.82, 2.24) is 9.47 Å². The largest absolute Gasteiger partial charge is 0.495 e. The van der Waals surface area contributed by atoms with Gasteiger partial charge < -0.3 is 19.5 Å². The number of methoxy groups -OCH3 is 1. The van der Waals surface area contributed by atoms with E-state index in [0.717, 1.165) is 28.1 Å². The molecule has 3 aromatic carbocycles. The zero-order chi connectivity index (χ0) is 22.1. The maximum absolute atomic E-state index is 13.7. The van der Waals surface area contributed by atoms with Gasteiger partial charge in [-0.15, -0.1) is 0 Å². The zero-order valence-corrected chi connectivity index (χ0v) is 18.2. The fourth-order valence-electron chi connectivity index (χ4n) is 4.47. The standard InChI is InChI=1S/C27H25N3O2/c1-19-9-7-11-20(17-19)26-24-14-8-16-29(24)23-13-5-3-10-21(23)18-30(26)27(31)28-22-12-4-6-15-25(22)32-2/h3-17,26H,18H2,1-2H3,(H,28,31). The van der Waals surface area contributed by atoms with Crippen LogP contribution in [0.15, 0.2) is 91.1 Å². The van der Waals surface area contributed by atoms with Gasteiger partial charge in [0.1, 0.15) is 5.75 Å². The highest BCUT2D eigenvalue weighted by Gasteiger charge is 2.33. The number of carbonyl (C=O) groups excluding carboxylic acids is 1. The maximum atomic E-state index is 13.7. The fourth-order valence-corrected chi connectivity index (χ4v) is 4.47. The highest BCUT2D eigenvalue weighted by Crippen LogP contribution is 2.37. The number of ether oxygens (including phenoxy) is 1. The molecule has 2 amide bonds. The van der Waals surface area contributed by atoms with Gasteiger partial charge in [-0.1, -0.05) is 60.2 Å². The van der Waals surface area contributed by atoms with Gasteiger partial charge in [0.2, 0.25) is 0 Å². The molecule has 1 N–H and O–H groups in total. The molecule has 0 spiro atoms. The molecule has 5 nitrogen and oxygen atoms in total. The van der Waals surface area contributed by atoms with E-state index in [0.29, 0.717) is 18.0 Å². The van der Waals surface area contributed by atoms with Crippen LogP contribution in [-0.4, -0.2) is 22.6 Å². The van der Waals surface area contributed by atoms with E-state index in [-0.39, 0.29) is 12.1 Å². The average molecular weight is 424 g/mol. The molecule has 1 aliphatic rings. The van der Waals surface area contributed by atoms with E-state index in [1.807, 2.05) is 53.4 Å². The summed E-state index contributed by atoms with van der Waals surface area (Å²) in [6, 6.07) is 27.8. The van der Waals surface area contributed by atoms with Gasteiger partial charge in [0.25, 0.3) is 0 Å². The average Bonchev–Trinajstić information content (AvgIpc) is 3.23. The van der Waals surface area contributed by atoms with Crippen molar-refractivity contribution < 1.29 is 9.53 Å². The lowest BCUT2D eigenvalue weighted by Crippen LogP contribution is -2.38. The van der Waals surface area contributed by atoms with Crippen molar-refractivity contribution in [3.05, 3.63) is 114 Å². The number of anilines is 1. The Morgan fingerprint density at radius 3 is 2.62 bits per heavy atom. The molecule has 1 aliphatic heterocycles. The number of para-hydroxylation sites is 3. The second-order valence-corrected chi connectivity index (χ2v) is 8.01. The van der Waals surface area contributed by atoms with Crippen LogP contribution < -0.4 is 10.1 Å². The number of amides is 2. The van der Waals surface area contributed by atoms with E-state index < -0.39 is 0 Å². The number of aromatic nitrogens is 1. The molecule has 0 saturated carbocycles. The highest BCUT2D eigenvalue weighted by atomic mass is 16.5. The fraction of sp³-hybridized carbons (Fsp3) is 0.148. The number of urea groups is 1. The molecule has 0 aliphatic carbocycles. The van der Waals surface area contributed by atoms with Crippen LogP contribution in [0.25, 0.3) is 5.69 Å².